The van der Waals surface area contributed by atoms with Crippen molar-refractivity contribution in [2.75, 3.05) is 40.3 Å². The number of nitrogens with zero attached hydrogens (tertiary/aromatic N) is 2. The lowest BCUT2D eigenvalue weighted by Gasteiger charge is -2.40. The molecule has 0 aromatic heterocycles. The second kappa shape index (κ2) is 14.0. The van der Waals surface area contributed by atoms with Crippen LogP contribution in [-0.2, 0) is 0 Å². The average Bonchev–Trinajstić information content (AvgIpc) is 2.71. The zero-order valence-electron chi connectivity index (χ0n) is 22.5. The largest absolute Gasteiger partial charge is 0.384 e. The fourth-order valence-electron chi connectivity index (χ4n) is 4.03. The molecule has 176 valence electrons. The molecule has 1 N–H and O–H groups in total. The van der Waals surface area contributed by atoms with E-state index in [0.29, 0.717) is 5.92 Å². The summed E-state index contributed by atoms with van der Waals surface area (Å²) in [5.41, 5.74) is 7.35. The highest BCUT2D eigenvalue weighted by molar-refractivity contribution is 5.31. The first-order valence-corrected chi connectivity index (χ1v) is 12.1. The monoisotopic (exact) mass is 419 g/mol. The van der Waals surface area contributed by atoms with E-state index in [4.69, 9.17) is 0 Å². The molecule has 30 heavy (non-hydrogen) atoms. The van der Waals surface area contributed by atoms with Crippen LogP contribution in [-0.4, -0.2) is 50.1 Å². The first kappa shape index (κ1) is 28.8. The van der Waals surface area contributed by atoms with Gasteiger partial charge in [0.05, 0.1) is 0 Å². The summed E-state index contributed by atoms with van der Waals surface area (Å²) >= 11 is 0. The number of hydrogen-bond donors (Lipinski definition) is 1. The Morgan fingerprint density at radius 1 is 0.967 bits per heavy atom. The van der Waals surface area contributed by atoms with Crippen molar-refractivity contribution in [1.82, 2.24) is 15.1 Å². The topological polar surface area (TPSA) is 18.5 Å². The van der Waals surface area contributed by atoms with E-state index in [-0.39, 0.29) is 5.41 Å². The van der Waals surface area contributed by atoms with Crippen molar-refractivity contribution < 1.29 is 0 Å². The van der Waals surface area contributed by atoms with Crippen molar-refractivity contribution in [2.24, 2.45) is 11.3 Å². The van der Waals surface area contributed by atoms with Crippen molar-refractivity contribution in [3.63, 3.8) is 0 Å². The molecule has 1 unspecified atom stereocenters. The van der Waals surface area contributed by atoms with E-state index in [9.17, 15) is 0 Å². The Balaban J connectivity index is 5.81. The van der Waals surface area contributed by atoms with Crippen LogP contribution in [0.25, 0.3) is 0 Å². The third kappa shape index (κ3) is 8.88. The molecule has 0 rings (SSSR count). The van der Waals surface area contributed by atoms with Crippen LogP contribution in [0.5, 0.6) is 0 Å². The van der Waals surface area contributed by atoms with Gasteiger partial charge in [0, 0.05) is 44.0 Å². The zero-order chi connectivity index (χ0) is 23.5. The smallest absolute Gasteiger partial charge is 0.0329 e. The zero-order valence-corrected chi connectivity index (χ0v) is 22.5. The Bertz CT molecular complexity index is 591. The third-order valence-corrected chi connectivity index (χ3v) is 6.87. The molecular formula is C27H53N3. The van der Waals surface area contributed by atoms with E-state index >= 15 is 0 Å². The standard InChI is InChI=1S/C27H53N3/c1-13-22(7)26(30(12)16-4)24(14-2)27(9,10)18-17-25(23(8)21(5)6)28-19-20-29(11)15-3/h17,24,28H,13-16,18-20H2,1-12H3/b25-17+,26-22-. The molecule has 0 aliphatic carbocycles. The maximum absolute atomic E-state index is 3.73. The van der Waals surface area contributed by atoms with Gasteiger partial charge in [0.25, 0.3) is 0 Å². The van der Waals surface area contributed by atoms with Gasteiger partial charge in [0.2, 0.25) is 0 Å². The molecule has 0 saturated carbocycles. The first-order chi connectivity index (χ1) is 14.0. The molecule has 0 fully saturated rings. The lowest BCUT2D eigenvalue weighted by Crippen LogP contribution is -2.34. The normalized spacial score (nSPS) is 14.5. The molecule has 3 heteroatoms. The van der Waals surface area contributed by atoms with Crippen LogP contribution in [0.3, 0.4) is 0 Å². The molecule has 0 aliphatic heterocycles. The van der Waals surface area contributed by atoms with Gasteiger partial charge in [-0.3, -0.25) is 0 Å². The number of likely N-dealkylation sites (N-methyl/N-ethyl adjacent to an activating group) is 1. The summed E-state index contributed by atoms with van der Waals surface area (Å²) in [5, 5.41) is 3.73. The van der Waals surface area contributed by atoms with Gasteiger partial charge in [0.1, 0.15) is 0 Å². The van der Waals surface area contributed by atoms with Gasteiger partial charge in [-0.15, -0.1) is 0 Å². The summed E-state index contributed by atoms with van der Waals surface area (Å²) in [6.45, 7) is 27.2. The minimum Gasteiger partial charge on any atom is -0.384 e. The van der Waals surface area contributed by atoms with Crippen LogP contribution >= 0.6 is 0 Å². The number of allylic oxidation sites excluding steroid dienone is 5. The first-order valence-electron chi connectivity index (χ1n) is 12.1. The van der Waals surface area contributed by atoms with E-state index in [2.05, 4.69) is 105 Å². The molecule has 0 aromatic rings. The molecule has 0 saturated heterocycles. The maximum atomic E-state index is 3.73. The fourth-order valence-corrected chi connectivity index (χ4v) is 4.03. The van der Waals surface area contributed by atoms with E-state index in [1.807, 2.05) is 0 Å². The number of hydrogen-bond acceptors (Lipinski definition) is 3. The minimum absolute atomic E-state index is 0.193. The highest BCUT2D eigenvalue weighted by Gasteiger charge is 2.32. The van der Waals surface area contributed by atoms with Crippen LogP contribution in [0.2, 0.25) is 0 Å². The van der Waals surface area contributed by atoms with Crippen molar-refractivity contribution in [3.05, 3.63) is 34.2 Å². The van der Waals surface area contributed by atoms with Crippen molar-refractivity contribution in [1.29, 1.82) is 0 Å². The summed E-state index contributed by atoms with van der Waals surface area (Å²) < 4.78 is 0. The summed E-state index contributed by atoms with van der Waals surface area (Å²) in [4.78, 5) is 4.82. The van der Waals surface area contributed by atoms with Crippen LogP contribution in [0.4, 0.5) is 0 Å². The Morgan fingerprint density at radius 3 is 2.00 bits per heavy atom. The lowest BCUT2D eigenvalue weighted by molar-refractivity contribution is 0.197. The maximum Gasteiger partial charge on any atom is 0.0329 e. The number of rotatable bonds is 14. The predicted molar refractivity (Wildman–Crippen MR) is 137 cm³/mol. The van der Waals surface area contributed by atoms with Crippen LogP contribution < -0.4 is 5.32 Å². The van der Waals surface area contributed by atoms with Crippen molar-refractivity contribution in [2.45, 2.75) is 88.5 Å². The van der Waals surface area contributed by atoms with Crippen LogP contribution in [0.1, 0.15) is 88.5 Å². The molecule has 1 atom stereocenters. The quantitative estimate of drug-likeness (QED) is 0.311. The van der Waals surface area contributed by atoms with E-state index < -0.39 is 0 Å². The van der Waals surface area contributed by atoms with Gasteiger partial charge < -0.3 is 15.1 Å². The molecule has 0 amide bonds. The Labute approximate surface area is 189 Å². The van der Waals surface area contributed by atoms with Gasteiger partial charge in [0.15, 0.2) is 0 Å². The predicted octanol–water partition coefficient (Wildman–Crippen LogP) is 6.85. The Morgan fingerprint density at radius 2 is 1.57 bits per heavy atom. The molecule has 0 radical (unpaired) electrons. The van der Waals surface area contributed by atoms with Crippen molar-refractivity contribution in [3.8, 4) is 0 Å². The number of nitrogens with one attached hydrogen (secondary N) is 1. The molecule has 3 nitrogen and oxygen atoms in total. The van der Waals surface area contributed by atoms with Gasteiger partial charge in [-0.1, -0.05) is 51.8 Å². The Hall–Kier alpha value is -1.22. The molecule has 0 heterocycles. The fraction of sp³-hybridized carbons (Fsp3) is 0.778. The van der Waals surface area contributed by atoms with E-state index in [1.165, 1.54) is 28.8 Å². The van der Waals surface area contributed by atoms with Gasteiger partial charge >= 0.3 is 0 Å². The molecule has 0 aliphatic rings. The second-order valence-electron chi connectivity index (χ2n) is 9.75. The van der Waals surface area contributed by atoms with Gasteiger partial charge in [-0.25, -0.2) is 0 Å². The SMILES string of the molecule is CC/C(C)=C(/C(CC)C(C)(C)C/C=C(/NCCN(C)CC)C(C)=C(C)C)N(C)CC. The molecule has 0 bridgehead atoms. The second-order valence-corrected chi connectivity index (χ2v) is 9.75. The van der Waals surface area contributed by atoms with Crippen molar-refractivity contribution >= 4 is 0 Å². The third-order valence-electron chi connectivity index (χ3n) is 6.87. The minimum atomic E-state index is 0.193. The molecule has 0 spiro atoms. The summed E-state index contributed by atoms with van der Waals surface area (Å²) in [7, 11) is 4.44. The summed E-state index contributed by atoms with van der Waals surface area (Å²) in [5.74, 6) is 0.554. The average molecular weight is 420 g/mol. The highest BCUT2D eigenvalue weighted by Crippen LogP contribution is 2.41. The van der Waals surface area contributed by atoms with E-state index in [0.717, 1.165) is 39.0 Å². The lowest BCUT2D eigenvalue weighted by atomic mass is 9.71. The highest BCUT2D eigenvalue weighted by atomic mass is 15.1. The van der Waals surface area contributed by atoms with Gasteiger partial charge in [-0.05, 0) is 78.5 Å². The van der Waals surface area contributed by atoms with Gasteiger partial charge in [-0.2, -0.15) is 0 Å². The van der Waals surface area contributed by atoms with E-state index in [1.54, 1.807) is 5.70 Å². The summed E-state index contributed by atoms with van der Waals surface area (Å²) in [6.07, 6.45) is 5.82. The van der Waals surface area contributed by atoms with Crippen LogP contribution in [0, 0.1) is 11.3 Å². The summed E-state index contributed by atoms with van der Waals surface area (Å²) in [6, 6.07) is 0. The van der Waals surface area contributed by atoms with Crippen LogP contribution in [0.15, 0.2) is 34.2 Å². The molecular weight excluding hydrogens is 366 g/mol. The molecule has 0 aromatic carbocycles. The Kier molecular flexibility index (Phi) is 13.4.